The van der Waals surface area contributed by atoms with Gasteiger partial charge in [-0.1, -0.05) is 0 Å². The maximum absolute atomic E-state index is 8.65. The van der Waals surface area contributed by atoms with E-state index < -0.39 is 5.79 Å². The van der Waals surface area contributed by atoms with E-state index in [9.17, 15) is 0 Å². The molecule has 0 bridgehead atoms. The molecular formula is C10H20O3. The first-order chi connectivity index (χ1) is 5.97. The summed E-state index contributed by atoms with van der Waals surface area (Å²) >= 11 is 0. The topological polar surface area (TPSA) is 38.7 Å². The summed E-state index contributed by atoms with van der Waals surface area (Å²) in [7, 11) is 0. The highest BCUT2D eigenvalue weighted by Crippen LogP contribution is 2.33. The second-order valence-corrected chi connectivity index (χ2v) is 4.42. The summed E-state index contributed by atoms with van der Waals surface area (Å²) in [4.78, 5) is 0. The molecule has 1 aliphatic heterocycles. The van der Waals surface area contributed by atoms with Gasteiger partial charge in [-0.15, -0.1) is 0 Å². The summed E-state index contributed by atoms with van der Waals surface area (Å²) in [6.45, 7) is 6.86. The lowest BCUT2D eigenvalue weighted by molar-refractivity contribution is -0.158. The molecule has 1 fully saturated rings. The smallest absolute Gasteiger partial charge is 0.163 e. The normalized spacial score (nSPS) is 32.3. The Morgan fingerprint density at radius 3 is 2.38 bits per heavy atom. The summed E-state index contributed by atoms with van der Waals surface area (Å²) < 4.78 is 11.3. The van der Waals surface area contributed by atoms with Crippen LogP contribution in [0, 0.1) is 0 Å². The van der Waals surface area contributed by atoms with Crippen LogP contribution < -0.4 is 0 Å². The van der Waals surface area contributed by atoms with Crippen molar-refractivity contribution in [3.63, 3.8) is 0 Å². The average molecular weight is 188 g/mol. The summed E-state index contributed by atoms with van der Waals surface area (Å²) in [6, 6.07) is 0. The number of rotatable bonds is 4. The molecule has 0 aromatic rings. The van der Waals surface area contributed by atoms with Crippen LogP contribution in [-0.2, 0) is 9.47 Å². The quantitative estimate of drug-likeness (QED) is 0.682. The molecule has 1 heterocycles. The van der Waals surface area contributed by atoms with E-state index in [4.69, 9.17) is 14.6 Å². The highest BCUT2D eigenvalue weighted by molar-refractivity contribution is 4.83. The van der Waals surface area contributed by atoms with E-state index in [1.165, 1.54) is 0 Å². The zero-order chi connectivity index (χ0) is 9.95. The fraction of sp³-hybridized carbons (Fsp3) is 1.00. The predicted octanol–water partition coefficient (Wildman–Crippen LogP) is 1.69. The maximum Gasteiger partial charge on any atom is 0.163 e. The van der Waals surface area contributed by atoms with Crippen LogP contribution in [0.3, 0.4) is 0 Å². The summed E-state index contributed by atoms with van der Waals surface area (Å²) in [6.07, 6.45) is 2.79. The van der Waals surface area contributed by atoms with E-state index in [1.807, 2.05) is 13.8 Å². The monoisotopic (exact) mass is 188 g/mol. The molecule has 0 radical (unpaired) electrons. The standard InChI is InChI=1S/C10H20O3/c1-9(2)12-8-10(3,13-9)6-4-5-7-11/h11H,4-8H2,1-3H3/t10-/m0/s1. The van der Waals surface area contributed by atoms with E-state index in [-0.39, 0.29) is 12.2 Å². The lowest BCUT2D eigenvalue weighted by atomic mass is 10.0. The number of unbranched alkanes of at least 4 members (excludes halogenated alkanes) is 1. The van der Waals surface area contributed by atoms with Gasteiger partial charge in [0.2, 0.25) is 0 Å². The van der Waals surface area contributed by atoms with Crippen LogP contribution in [0.1, 0.15) is 40.0 Å². The summed E-state index contributed by atoms with van der Waals surface area (Å²) in [5.41, 5.74) is -0.154. The van der Waals surface area contributed by atoms with Crippen molar-refractivity contribution in [2.24, 2.45) is 0 Å². The van der Waals surface area contributed by atoms with Crippen molar-refractivity contribution in [1.29, 1.82) is 0 Å². The molecule has 1 rings (SSSR count). The summed E-state index contributed by atoms with van der Waals surface area (Å²) in [5.74, 6) is -0.437. The van der Waals surface area contributed by atoms with Crippen molar-refractivity contribution in [1.82, 2.24) is 0 Å². The van der Waals surface area contributed by atoms with E-state index in [0.29, 0.717) is 6.61 Å². The Bertz CT molecular complexity index is 168. The van der Waals surface area contributed by atoms with Gasteiger partial charge in [-0.3, -0.25) is 0 Å². The number of ether oxygens (including phenoxy) is 2. The Balaban J connectivity index is 2.32. The molecular weight excluding hydrogens is 168 g/mol. The highest BCUT2D eigenvalue weighted by atomic mass is 16.7. The number of aliphatic hydroxyl groups excluding tert-OH is 1. The zero-order valence-electron chi connectivity index (χ0n) is 8.80. The van der Waals surface area contributed by atoms with Gasteiger partial charge in [-0.25, -0.2) is 0 Å². The largest absolute Gasteiger partial charge is 0.396 e. The molecule has 0 saturated carbocycles. The van der Waals surface area contributed by atoms with Crippen LogP contribution in [0.4, 0.5) is 0 Å². The fourth-order valence-corrected chi connectivity index (χ4v) is 1.71. The molecule has 3 heteroatoms. The molecule has 0 aromatic carbocycles. The van der Waals surface area contributed by atoms with Gasteiger partial charge < -0.3 is 14.6 Å². The Kier molecular flexibility index (Phi) is 3.33. The lowest BCUT2D eigenvalue weighted by Gasteiger charge is -2.24. The van der Waals surface area contributed by atoms with Crippen LogP contribution >= 0.6 is 0 Å². The zero-order valence-corrected chi connectivity index (χ0v) is 8.80. The molecule has 1 aliphatic rings. The molecule has 78 valence electrons. The van der Waals surface area contributed by atoms with Gasteiger partial charge in [0.15, 0.2) is 5.79 Å². The fourth-order valence-electron chi connectivity index (χ4n) is 1.71. The number of aliphatic hydroxyl groups is 1. The predicted molar refractivity (Wildman–Crippen MR) is 50.5 cm³/mol. The van der Waals surface area contributed by atoms with Crippen LogP contribution in [0.25, 0.3) is 0 Å². The highest BCUT2D eigenvalue weighted by Gasteiger charge is 2.41. The Morgan fingerprint density at radius 2 is 1.92 bits per heavy atom. The van der Waals surface area contributed by atoms with Crippen molar-refractivity contribution in [2.45, 2.75) is 51.4 Å². The Morgan fingerprint density at radius 1 is 1.23 bits per heavy atom. The molecule has 1 saturated heterocycles. The molecule has 0 spiro atoms. The van der Waals surface area contributed by atoms with Crippen molar-refractivity contribution < 1.29 is 14.6 Å². The third-order valence-electron chi connectivity index (χ3n) is 2.33. The van der Waals surface area contributed by atoms with Crippen molar-refractivity contribution in [3.05, 3.63) is 0 Å². The van der Waals surface area contributed by atoms with Crippen LogP contribution in [0.5, 0.6) is 0 Å². The summed E-state index contributed by atoms with van der Waals surface area (Å²) in [5, 5.41) is 8.65. The molecule has 1 N–H and O–H groups in total. The third kappa shape index (κ3) is 3.25. The Labute approximate surface area is 80.0 Å². The lowest BCUT2D eigenvalue weighted by Crippen LogP contribution is -2.30. The van der Waals surface area contributed by atoms with Crippen molar-refractivity contribution in [3.8, 4) is 0 Å². The van der Waals surface area contributed by atoms with Crippen molar-refractivity contribution in [2.75, 3.05) is 13.2 Å². The van der Waals surface area contributed by atoms with Gasteiger partial charge in [0.05, 0.1) is 12.2 Å². The van der Waals surface area contributed by atoms with Gasteiger partial charge >= 0.3 is 0 Å². The van der Waals surface area contributed by atoms with E-state index in [1.54, 1.807) is 0 Å². The van der Waals surface area contributed by atoms with E-state index in [0.717, 1.165) is 19.3 Å². The average Bonchev–Trinajstić information content (AvgIpc) is 2.27. The molecule has 0 aliphatic carbocycles. The van der Waals surface area contributed by atoms with Crippen LogP contribution in [0.2, 0.25) is 0 Å². The van der Waals surface area contributed by atoms with Gasteiger partial charge in [0.25, 0.3) is 0 Å². The molecule has 0 unspecified atom stereocenters. The minimum atomic E-state index is -0.437. The third-order valence-corrected chi connectivity index (χ3v) is 2.33. The minimum Gasteiger partial charge on any atom is -0.396 e. The Hall–Kier alpha value is -0.120. The minimum absolute atomic E-state index is 0.154. The molecule has 1 atom stereocenters. The molecule has 3 nitrogen and oxygen atoms in total. The van der Waals surface area contributed by atoms with Gasteiger partial charge in [0.1, 0.15) is 0 Å². The maximum atomic E-state index is 8.65. The van der Waals surface area contributed by atoms with Gasteiger partial charge in [-0.05, 0) is 40.0 Å². The first-order valence-electron chi connectivity index (χ1n) is 4.92. The van der Waals surface area contributed by atoms with Crippen LogP contribution in [0.15, 0.2) is 0 Å². The first kappa shape index (κ1) is 11.0. The van der Waals surface area contributed by atoms with Crippen molar-refractivity contribution >= 4 is 0 Å². The molecule has 0 amide bonds. The van der Waals surface area contributed by atoms with Crippen LogP contribution in [-0.4, -0.2) is 29.7 Å². The number of hydrogen-bond donors (Lipinski definition) is 1. The second-order valence-electron chi connectivity index (χ2n) is 4.42. The SMILES string of the molecule is CC1(C)OC[C@](C)(CCCCO)O1. The van der Waals surface area contributed by atoms with E-state index >= 15 is 0 Å². The second kappa shape index (κ2) is 3.95. The molecule has 13 heavy (non-hydrogen) atoms. The molecule has 0 aromatic heterocycles. The van der Waals surface area contributed by atoms with Gasteiger partial charge in [-0.2, -0.15) is 0 Å². The van der Waals surface area contributed by atoms with Gasteiger partial charge in [0, 0.05) is 6.61 Å². The van der Waals surface area contributed by atoms with E-state index in [2.05, 4.69) is 6.92 Å². The first-order valence-corrected chi connectivity index (χ1v) is 4.92. The number of hydrogen-bond acceptors (Lipinski definition) is 3.